The average molecular weight is 262 g/mol. The third kappa shape index (κ3) is 2.70. The number of hydrogen-bond acceptors (Lipinski definition) is 3. The molecule has 2 aromatic carbocycles. The fourth-order valence-corrected chi connectivity index (χ4v) is 1.91. The third-order valence-corrected chi connectivity index (χ3v) is 2.78. The number of carbonyl (C=O) groups is 2. The Morgan fingerprint density at radius 3 is 2.63 bits per heavy atom. The Hall–Kier alpha value is -2.43. The molecule has 2 rings (SSSR count). The summed E-state index contributed by atoms with van der Waals surface area (Å²) in [5.41, 5.74) is 0.485. The summed E-state index contributed by atoms with van der Waals surface area (Å²) in [5, 5.41) is 10.0. The number of carbonyl (C=O) groups excluding carboxylic acids is 1. The fourth-order valence-electron chi connectivity index (χ4n) is 1.91. The lowest BCUT2D eigenvalue weighted by Crippen LogP contribution is -2.06. The van der Waals surface area contributed by atoms with Crippen molar-refractivity contribution in [2.24, 2.45) is 0 Å². The summed E-state index contributed by atoms with van der Waals surface area (Å²) >= 11 is 0. The number of benzene rings is 2. The molecule has 0 unspecified atom stereocenters. The van der Waals surface area contributed by atoms with Crippen molar-refractivity contribution >= 4 is 22.7 Å². The summed E-state index contributed by atoms with van der Waals surface area (Å²) < 4.78 is 17.7. The highest BCUT2D eigenvalue weighted by atomic mass is 19.1. The van der Waals surface area contributed by atoms with Gasteiger partial charge in [0.25, 0.3) is 0 Å². The highest BCUT2D eigenvalue weighted by molar-refractivity contribution is 6.04. The molecule has 2 aromatic rings. The highest BCUT2D eigenvalue weighted by Crippen LogP contribution is 2.23. The van der Waals surface area contributed by atoms with E-state index in [9.17, 15) is 14.0 Å². The Morgan fingerprint density at radius 1 is 1.26 bits per heavy atom. The van der Waals surface area contributed by atoms with Crippen LogP contribution in [0.15, 0.2) is 30.3 Å². The van der Waals surface area contributed by atoms with Gasteiger partial charge < -0.3 is 9.84 Å². The Balaban J connectivity index is 2.61. The summed E-state index contributed by atoms with van der Waals surface area (Å²) in [6.07, 6.45) is -0.0237. The van der Waals surface area contributed by atoms with E-state index >= 15 is 0 Å². The number of aromatic carboxylic acids is 1. The smallest absolute Gasteiger partial charge is 0.336 e. The number of halogens is 1. The van der Waals surface area contributed by atoms with Crippen LogP contribution in [0, 0.1) is 5.82 Å². The van der Waals surface area contributed by atoms with Crippen molar-refractivity contribution in [3.8, 4) is 0 Å². The number of rotatable bonds is 3. The van der Waals surface area contributed by atoms with Gasteiger partial charge in [0.05, 0.1) is 19.1 Å². The third-order valence-electron chi connectivity index (χ3n) is 2.78. The van der Waals surface area contributed by atoms with E-state index < -0.39 is 17.8 Å². The summed E-state index contributed by atoms with van der Waals surface area (Å²) in [6.45, 7) is 0. The Kier molecular flexibility index (Phi) is 3.46. The predicted octanol–water partition coefficient (Wildman–Crippen LogP) is 2.39. The number of carboxylic acids is 1. The Labute approximate surface area is 108 Å². The molecule has 0 saturated heterocycles. The van der Waals surface area contributed by atoms with Crippen LogP contribution in [-0.4, -0.2) is 24.2 Å². The molecule has 0 aromatic heterocycles. The highest BCUT2D eigenvalue weighted by Gasteiger charge is 2.13. The maximum atomic E-state index is 13.2. The van der Waals surface area contributed by atoms with Crippen molar-refractivity contribution in [1.82, 2.24) is 0 Å². The van der Waals surface area contributed by atoms with Gasteiger partial charge in [0.15, 0.2) is 0 Å². The number of carboxylic acid groups (broad SMARTS) is 1. The van der Waals surface area contributed by atoms with Crippen molar-refractivity contribution in [2.75, 3.05) is 7.11 Å². The van der Waals surface area contributed by atoms with E-state index in [2.05, 4.69) is 4.74 Å². The first-order chi connectivity index (χ1) is 9.01. The first kappa shape index (κ1) is 13.0. The van der Waals surface area contributed by atoms with Crippen LogP contribution in [0.5, 0.6) is 0 Å². The number of hydrogen-bond donors (Lipinski definition) is 1. The zero-order chi connectivity index (χ0) is 14.0. The van der Waals surface area contributed by atoms with E-state index in [1.54, 1.807) is 6.07 Å². The van der Waals surface area contributed by atoms with E-state index in [4.69, 9.17) is 5.11 Å². The van der Waals surface area contributed by atoms with Crippen LogP contribution in [0.4, 0.5) is 4.39 Å². The van der Waals surface area contributed by atoms with E-state index in [1.165, 1.54) is 31.4 Å². The first-order valence-electron chi connectivity index (χ1n) is 5.53. The molecule has 0 aliphatic carbocycles. The summed E-state index contributed by atoms with van der Waals surface area (Å²) in [7, 11) is 1.26. The second-order valence-corrected chi connectivity index (χ2v) is 4.07. The topological polar surface area (TPSA) is 63.6 Å². The zero-order valence-corrected chi connectivity index (χ0v) is 10.1. The molecule has 4 nitrogen and oxygen atoms in total. The van der Waals surface area contributed by atoms with E-state index in [-0.39, 0.29) is 12.0 Å². The SMILES string of the molecule is COC(=O)Cc1cc(C(=O)O)c2cc(F)ccc2c1. The molecular formula is C14H11FO4. The predicted molar refractivity (Wildman–Crippen MR) is 66.6 cm³/mol. The standard InChI is InChI=1S/C14H11FO4/c1-19-13(16)6-8-4-9-2-3-10(15)7-11(9)12(5-8)14(17)18/h2-5,7H,6H2,1H3,(H,17,18). The molecule has 1 N–H and O–H groups in total. The van der Waals surface area contributed by atoms with Gasteiger partial charge in [-0.1, -0.05) is 12.1 Å². The largest absolute Gasteiger partial charge is 0.478 e. The second kappa shape index (κ2) is 5.06. The maximum Gasteiger partial charge on any atom is 0.336 e. The van der Waals surface area contributed by atoms with Gasteiger partial charge in [-0.25, -0.2) is 9.18 Å². The minimum Gasteiger partial charge on any atom is -0.478 e. The van der Waals surface area contributed by atoms with Gasteiger partial charge in [0.2, 0.25) is 0 Å². The molecule has 0 saturated carbocycles. The van der Waals surface area contributed by atoms with Gasteiger partial charge in [-0.3, -0.25) is 4.79 Å². The molecule has 0 aliphatic heterocycles. The maximum absolute atomic E-state index is 13.2. The van der Waals surface area contributed by atoms with Crippen molar-refractivity contribution in [3.05, 3.63) is 47.3 Å². The molecule has 0 atom stereocenters. The molecule has 98 valence electrons. The zero-order valence-electron chi connectivity index (χ0n) is 10.1. The molecular weight excluding hydrogens is 251 g/mol. The van der Waals surface area contributed by atoms with E-state index in [0.717, 1.165) is 0 Å². The molecule has 0 aliphatic rings. The molecule has 0 radical (unpaired) electrons. The van der Waals surface area contributed by atoms with Gasteiger partial charge >= 0.3 is 11.9 Å². The quantitative estimate of drug-likeness (QED) is 0.863. The summed E-state index contributed by atoms with van der Waals surface area (Å²) in [5.74, 6) is -2.13. The lowest BCUT2D eigenvalue weighted by atomic mass is 9.99. The van der Waals surface area contributed by atoms with E-state index in [1.807, 2.05) is 0 Å². The van der Waals surface area contributed by atoms with Crippen LogP contribution in [-0.2, 0) is 16.0 Å². The lowest BCUT2D eigenvalue weighted by Gasteiger charge is -2.07. The molecule has 0 heterocycles. The van der Waals surface area contributed by atoms with Gasteiger partial charge in [-0.05, 0) is 34.5 Å². The van der Waals surface area contributed by atoms with Crippen molar-refractivity contribution in [1.29, 1.82) is 0 Å². The Morgan fingerprint density at radius 2 is 2.00 bits per heavy atom. The van der Waals surface area contributed by atoms with Crippen molar-refractivity contribution < 1.29 is 23.8 Å². The molecule has 0 bridgehead atoms. The minimum atomic E-state index is -1.16. The summed E-state index contributed by atoms with van der Waals surface area (Å²) in [4.78, 5) is 22.4. The van der Waals surface area contributed by atoms with Gasteiger partial charge in [-0.15, -0.1) is 0 Å². The van der Waals surface area contributed by atoms with Crippen LogP contribution in [0.25, 0.3) is 10.8 Å². The van der Waals surface area contributed by atoms with Crippen LogP contribution < -0.4 is 0 Å². The molecule has 5 heteroatoms. The van der Waals surface area contributed by atoms with Crippen LogP contribution in [0.3, 0.4) is 0 Å². The number of esters is 1. The van der Waals surface area contributed by atoms with Crippen LogP contribution in [0.2, 0.25) is 0 Å². The monoisotopic (exact) mass is 262 g/mol. The number of methoxy groups -OCH3 is 1. The van der Waals surface area contributed by atoms with E-state index in [0.29, 0.717) is 16.3 Å². The van der Waals surface area contributed by atoms with Crippen LogP contribution in [0.1, 0.15) is 15.9 Å². The second-order valence-electron chi connectivity index (χ2n) is 4.07. The fraction of sp³-hybridized carbons (Fsp3) is 0.143. The van der Waals surface area contributed by atoms with Gasteiger partial charge in [-0.2, -0.15) is 0 Å². The average Bonchev–Trinajstić information content (AvgIpc) is 2.37. The van der Waals surface area contributed by atoms with Crippen molar-refractivity contribution in [3.63, 3.8) is 0 Å². The molecule has 0 amide bonds. The van der Waals surface area contributed by atoms with Crippen molar-refractivity contribution in [2.45, 2.75) is 6.42 Å². The Bertz CT molecular complexity index is 664. The molecule has 0 spiro atoms. The van der Waals surface area contributed by atoms with Gasteiger partial charge in [0.1, 0.15) is 5.82 Å². The normalized spacial score (nSPS) is 10.4. The first-order valence-corrected chi connectivity index (χ1v) is 5.53. The molecule has 0 fully saturated rings. The molecule has 19 heavy (non-hydrogen) atoms. The lowest BCUT2D eigenvalue weighted by molar-refractivity contribution is -0.139. The summed E-state index contributed by atoms with van der Waals surface area (Å²) in [6, 6.07) is 6.91. The van der Waals surface area contributed by atoms with Gasteiger partial charge in [0, 0.05) is 0 Å². The number of fused-ring (bicyclic) bond motifs is 1. The minimum absolute atomic E-state index is 0.0237. The number of ether oxygens (including phenoxy) is 1. The van der Waals surface area contributed by atoms with Crippen LogP contribution >= 0.6 is 0 Å².